The lowest BCUT2D eigenvalue weighted by Gasteiger charge is -2.17. The van der Waals surface area contributed by atoms with Gasteiger partial charge in [0, 0.05) is 24.8 Å². The molecule has 0 bridgehead atoms. The molecule has 0 fully saturated rings. The molecule has 1 rings (SSSR count). The van der Waals surface area contributed by atoms with Crippen LogP contribution in [0.5, 0.6) is 0 Å². The lowest BCUT2D eigenvalue weighted by molar-refractivity contribution is 0.0348. The maximum Gasteiger partial charge on any atom is 0.138 e. The SMILES string of the molecule is CCCCOCC(O)CNC(C)c1c(C)noc1C. The molecular formula is C14H26N2O3. The van der Waals surface area contributed by atoms with E-state index in [1.807, 2.05) is 20.8 Å². The molecule has 0 saturated heterocycles. The summed E-state index contributed by atoms with van der Waals surface area (Å²) in [7, 11) is 0. The second kappa shape index (κ2) is 8.30. The van der Waals surface area contributed by atoms with E-state index in [1.54, 1.807) is 0 Å². The second-order valence-corrected chi connectivity index (χ2v) is 4.95. The maximum atomic E-state index is 9.81. The van der Waals surface area contributed by atoms with Crippen LogP contribution in [-0.2, 0) is 4.74 Å². The minimum Gasteiger partial charge on any atom is -0.389 e. The van der Waals surface area contributed by atoms with E-state index in [4.69, 9.17) is 9.26 Å². The van der Waals surface area contributed by atoms with Gasteiger partial charge in [0.15, 0.2) is 0 Å². The molecule has 0 amide bonds. The number of hydrogen-bond donors (Lipinski definition) is 2. The second-order valence-electron chi connectivity index (χ2n) is 4.95. The Kier molecular flexibility index (Phi) is 7.05. The van der Waals surface area contributed by atoms with Gasteiger partial charge in [0.05, 0.1) is 18.4 Å². The number of aliphatic hydroxyl groups excluding tert-OH is 1. The summed E-state index contributed by atoms with van der Waals surface area (Å²) in [5.74, 6) is 0.825. The molecule has 110 valence electrons. The minimum absolute atomic E-state index is 0.108. The van der Waals surface area contributed by atoms with E-state index >= 15 is 0 Å². The third-order valence-corrected chi connectivity index (χ3v) is 3.13. The summed E-state index contributed by atoms with van der Waals surface area (Å²) < 4.78 is 10.5. The van der Waals surface area contributed by atoms with Crippen LogP contribution in [0.15, 0.2) is 4.52 Å². The molecule has 5 nitrogen and oxygen atoms in total. The van der Waals surface area contributed by atoms with Gasteiger partial charge in [-0.25, -0.2) is 0 Å². The first-order valence-corrected chi connectivity index (χ1v) is 6.98. The zero-order valence-corrected chi connectivity index (χ0v) is 12.4. The number of aromatic nitrogens is 1. The lowest BCUT2D eigenvalue weighted by Crippen LogP contribution is -2.32. The Morgan fingerprint density at radius 3 is 2.74 bits per heavy atom. The Hall–Kier alpha value is -0.910. The van der Waals surface area contributed by atoms with Crippen molar-refractivity contribution in [2.45, 2.75) is 52.7 Å². The topological polar surface area (TPSA) is 67.5 Å². The van der Waals surface area contributed by atoms with Crippen LogP contribution in [0.4, 0.5) is 0 Å². The molecule has 0 radical (unpaired) electrons. The first-order chi connectivity index (χ1) is 9.06. The number of hydrogen-bond acceptors (Lipinski definition) is 5. The standard InChI is InChI=1S/C14H26N2O3/c1-5-6-7-18-9-13(17)8-15-10(2)14-11(3)16-19-12(14)4/h10,13,15,17H,5-9H2,1-4H3. The van der Waals surface area contributed by atoms with Crippen molar-refractivity contribution in [2.75, 3.05) is 19.8 Å². The summed E-state index contributed by atoms with van der Waals surface area (Å²) in [5, 5.41) is 17.0. The molecular weight excluding hydrogens is 244 g/mol. The molecule has 1 heterocycles. The molecule has 0 aliphatic heterocycles. The average Bonchev–Trinajstić information content (AvgIpc) is 2.71. The summed E-state index contributed by atoms with van der Waals surface area (Å²) in [6.45, 7) is 9.57. The monoisotopic (exact) mass is 270 g/mol. The van der Waals surface area contributed by atoms with Gasteiger partial charge in [-0.15, -0.1) is 0 Å². The van der Waals surface area contributed by atoms with Crippen LogP contribution >= 0.6 is 0 Å². The maximum absolute atomic E-state index is 9.81. The van der Waals surface area contributed by atoms with Gasteiger partial charge in [-0.05, 0) is 27.2 Å². The predicted molar refractivity (Wildman–Crippen MR) is 74.1 cm³/mol. The number of nitrogens with one attached hydrogen (secondary N) is 1. The van der Waals surface area contributed by atoms with Crippen molar-refractivity contribution in [2.24, 2.45) is 0 Å². The first kappa shape index (κ1) is 16.1. The Morgan fingerprint density at radius 1 is 1.42 bits per heavy atom. The highest BCUT2D eigenvalue weighted by Gasteiger charge is 2.16. The quantitative estimate of drug-likeness (QED) is 0.673. The highest BCUT2D eigenvalue weighted by atomic mass is 16.5. The number of rotatable bonds is 9. The highest BCUT2D eigenvalue weighted by molar-refractivity contribution is 5.24. The van der Waals surface area contributed by atoms with Crippen molar-refractivity contribution in [1.82, 2.24) is 10.5 Å². The fraction of sp³-hybridized carbons (Fsp3) is 0.786. The summed E-state index contributed by atoms with van der Waals surface area (Å²) in [6.07, 6.45) is 1.66. The van der Waals surface area contributed by atoms with Gasteiger partial charge in [-0.3, -0.25) is 0 Å². The van der Waals surface area contributed by atoms with E-state index in [9.17, 15) is 5.11 Å². The summed E-state index contributed by atoms with van der Waals surface area (Å²) in [6, 6.07) is 0.108. The smallest absolute Gasteiger partial charge is 0.138 e. The third-order valence-electron chi connectivity index (χ3n) is 3.13. The van der Waals surface area contributed by atoms with Crippen LogP contribution in [0.2, 0.25) is 0 Å². The van der Waals surface area contributed by atoms with Crippen LogP contribution in [0, 0.1) is 13.8 Å². The summed E-state index contributed by atoms with van der Waals surface area (Å²) in [5.41, 5.74) is 1.96. The van der Waals surface area contributed by atoms with Gasteiger partial charge < -0.3 is 19.7 Å². The van der Waals surface area contributed by atoms with Crippen LogP contribution < -0.4 is 5.32 Å². The number of aliphatic hydroxyl groups is 1. The molecule has 5 heteroatoms. The van der Waals surface area contributed by atoms with E-state index in [-0.39, 0.29) is 6.04 Å². The van der Waals surface area contributed by atoms with Crippen LogP contribution in [0.3, 0.4) is 0 Å². The number of nitrogens with zero attached hydrogens (tertiary/aromatic N) is 1. The normalized spacial score (nSPS) is 14.6. The molecule has 2 atom stereocenters. The molecule has 1 aromatic rings. The summed E-state index contributed by atoms with van der Waals surface area (Å²) >= 11 is 0. The van der Waals surface area contributed by atoms with E-state index in [0.717, 1.165) is 29.9 Å². The molecule has 0 aliphatic carbocycles. The molecule has 0 aliphatic rings. The Labute approximate surface area is 115 Å². The van der Waals surface area contributed by atoms with Crippen molar-refractivity contribution in [1.29, 1.82) is 0 Å². The van der Waals surface area contributed by atoms with Crippen molar-refractivity contribution < 1.29 is 14.4 Å². The predicted octanol–water partition coefficient (Wildman–Crippen LogP) is 2.12. The minimum atomic E-state index is -0.486. The van der Waals surface area contributed by atoms with Gasteiger partial charge >= 0.3 is 0 Å². The van der Waals surface area contributed by atoms with Gasteiger partial charge in [0.25, 0.3) is 0 Å². The Bertz CT molecular complexity index is 346. The van der Waals surface area contributed by atoms with Crippen molar-refractivity contribution >= 4 is 0 Å². The van der Waals surface area contributed by atoms with E-state index < -0.39 is 6.10 Å². The lowest BCUT2D eigenvalue weighted by atomic mass is 10.1. The highest BCUT2D eigenvalue weighted by Crippen LogP contribution is 2.20. The fourth-order valence-corrected chi connectivity index (χ4v) is 2.05. The molecule has 2 unspecified atom stereocenters. The zero-order chi connectivity index (χ0) is 14.3. The first-order valence-electron chi connectivity index (χ1n) is 6.98. The fourth-order valence-electron chi connectivity index (χ4n) is 2.05. The molecule has 0 spiro atoms. The van der Waals surface area contributed by atoms with Crippen molar-refractivity contribution in [3.63, 3.8) is 0 Å². The molecule has 0 saturated carbocycles. The van der Waals surface area contributed by atoms with Crippen LogP contribution in [-0.4, -0.2) is 36.1 Å². The molecule has 1 aromatic heterocycles. The molecule has 19 heavy (non-hydrogen) atoms. The van der Waals surface area contributed by atoms with Crippen LogP contribution in [0.1, 0.15) is 49.7 Å². The number of ether oxygens (including phenoxy) is 1. The summed E-state index contributed by atoms with van der Waals surface area (Å²) in [4.78, 5) is 0. The van der Waals surface area contributed by atoms with Crippen LogP contribution in [0.25, 0.3) is 0 Å². The van der Waals surface area contributed by atoms with Gasteiger partial charge in [-0.1, -0.05) is 18.5 Å². The van der Waals surface area contributed by atoms with Gasteiger partial charge in [0.2, 0.25) is 0 Å². The zero-order valence-electron chi connectivity index (χ0n) is 12.4. The van der Waals surface area contributed by atoms with E-state index in [2.05, 4.69) is 17.4 Å². The number of unbranched alkanes of at least 4 members (excludes halogenated alkanes) is 1. The van der Waals surface area contributed by atoms with E-state index in [0.29, 0.717) is 19.8 Å². The van der Waals surface area contributed by atoms with Crippen molar-refractivity contribution in [3.8, 4) is 0 Å². The van der Waals surface area contributed by atoms with Gasteiger partial charge in [-0.2, -0.15) is 0 Å². The van der Waals surface area contributed by atoms with E-state index in [1.165, 1.54) is 0 Å². The Balaban J connectivity index is 2.28. The Morgan fingerprint density at radius 2 is 2.16 bits per heavy atom. The average molecular weight is 270 g/mol. The van der Waals surface area contributed by atoms with Crippen molar-refractivity contribution in [3.05, 3.63) is 17.0 Å². The third kappa shape index (κ3) is 5.30. The molecule has 2 N–H and O–H groups in total. The number of aryl methyl sites for hydroxylation is 2. The van der Waals surface area contributed by atoms with Gasteiger partial charge in [0.1, 0.15) is 5.76 Å². The molecule has 0 aromatic carbocycles. The largest absolute Gasteiger partial charge is 0.389 e.